The number of amides is 1. The van der Waals surface area contributed by atoms with Crippen LogP contribution in [0.3, 0.4) is 0 Å². The highest BCUT2D eigenvalue weighted by atomic mass is 127. The van der Waals surface area contributed by atoms with Crippen LogP contribution in [0, 0.1) is 5.41 Å². The Bertz CT molecular complexity index is 573. The highest BCUT2D eigenvalue weighted by molar-refractivity contribution is 14.1. The summed E-state index contributed by atoms with van der Waals surface area (Å²) in [5.41, 5.74) is 0.0140. The number of nitrogens with one attached hydrogen (secondary N) is 1. The number of fused-ring (bicyclic) bond motifs is 1. The van der Waals surface area contributed by atoms with Crippen molar-refractivity contribution in [3.63, 3.8) is 0 Å². The molecule has 7 heteroatoms. The third-order valence-corrected chi connectivity index (χ3v) is 3.10. The fourth-order valence-electron chi connectivity index (χ4n) is 1.31. The molecule has 0 aromatic carbocycles. The lowest BCUT2D eigenvalue weighted by Gasteiger charge is -2.16. The first-order chi connectivity index (χ1) is 8.29. The van der Waals surface area contributed by atoms with Crippen molar-refractivity contribution in [2.24, 2.45) is 5.41 Å². The fourth-order valence-corrected chi connectivity index (χ4v) is 1.70. The first kappa shape index (κ1) is 13.1. The zero-order chi connectivity index (χ0) is 13.5. The zero-order valence-corrected chi connectivity index (χ0v) is 12.4. The molecule has 2 N–H and O–H groups in total. The van der Waals surface area contributed by atoms with Gasteiger partial charge >= 0.3 is 0 Å². The van der Waals surface area contributed by atoms with E-state index in [9.17, 15) is 9.90 Å². The molecule has 0 fully saturated rings. The maximum atomic E-state index is 11.8. The van der Waals surface area contributed by atoms with Gasteiger partial charge < -0.3 is 10.4 Å². The Hall–Kier alpha value is -1.38. The molecular formula is C11H13IN4O2. The van der Waals surface area contributed by atoms with Crippen molar-refractivity contribution in [3.05, 3.63) is 12.4 Å². The van der Waals surface area contributed by atoms with Gasteiger partial charge in [-0.15, -0.1) is 0 Å². The highest BCUT2D eigenvalue weighted by Crippen LogP contribution is 2.32. The molecule has 0 bridgehead atoms. The van der Waals surface area contributed by atoms with Gasteiger partial charge in [-0.1, -0.05) is 20.8 Å². The summed E-state index contributed by atoms with van der Waals surface area (Å²) in [5, 5.41) is 12.5. The Morgan fingerprint density at radius 3 is 2.78 bits per heavy atom. The predicted octanol–water partition coefficient (Wildman–Crippen LogP) is 2.27. The Morgan fingerprint density at radius 2 is 2.17 bits per heavy atom. The maximum absolute atomic E-state index is 11.8. The summed E-state index contributed by atoms with van der Waals surface area (Å²) in [5.74, 6) is 0.733. The van der Waals surface area contributed by atoms with Gasteiger partial charge in [0.1, 0.15) is 12.1 Å². The van der Waals surface area contributed by atoms with E-state index in [1.165, 1.54) is 9.11 Å². The molecule has 0 aromatic heterocycles. The van der Waals surface area contributed by atoms with Crippen molar-refractivity contribution < 1.29 is 9.90 Å². The summed E-state index contributed by atoms with van der Waals surface area (Å²) in [6, 6.07) is 1.61. The highest BCUT2D eigenvalue weighted by Gasteiger charge is 2.24. The van der Waals surface area contributed by atoms with Gasteiger partial charge in [0.25, 0.3) is 0 Å². The third-order valence-electron chi connectivity index (χ3n) is 2.40. The molecule has 0 aliphatic carbocycles. The van der Waals surface area contributed by atoms with Gasteiger partial charge in [-0.2, -0.15) is 0 Å². The van der Waals surface area contributed by atoms with Gasteiger partial charge in [0, 0.05) is 5.41 Å². The summed E-state index contributed by atoms with van der Waals surface area (Å²) in [4.78, 5) is 20.0. The normalized spacial score (nSPS) is 11.8. The average Bonchev–Trinajstić information content (AvgIpc) is 2.66. The molecule has 18 heavy (non-hydrogen) atoms. The number of halogens is 1. The average molecular weight is 360 g/mol. The number of carbonyl (C=O) groups excluding carboxylic acids is 1. The zero-order valence-electron chi connectivity index (χ0n) is 10.2. The van der Waals surface area contributed by atoms with Crippen LogP contribution in [0.1, 0.15) is 20.8 Å². The quantitative estimate of drug-likeness (QED) is 0.765. The summed E-state index contributed by atoms with van der Waals surface area (Å²) in [6.45, 7) is 5.46. The summed E-state index contributed by atoms with van der Waals surface area (Å²) >= 11 is 1.91. The van der Waals surface area contributed by atoms with Crippen molar-refractivity contribution in [1.82, 2.24) is 12.7 Å². The van der Waals surface area contributed by atoms with Gasteiger partial charge in [0.15, 0.2) is 5.82 Å². The number of hydrogen-bond acceptors (Lipinski definition) is 4. The Kier molecular flexibility index (Phi) is 3.18. The molecule has 2 aliphatic heterocycles. The first-order valence-electron chi connectivity index (χ1n) is 5.33. The van der Waals surface area contributed by atoms with Gasteiger partial charge in [-0.05, 0) is 6.07 Å². The first-order valence-corrected chi connectivity index (χ1v) is 6.30. The number of nitrogens with zero attached hydrogens (tertiary/aromatic N) is 3. The van der Waals surface area contributed by atoms with E-state index in [-0.39, 0.29) is 11.8 Å². The van der Waals surface area contributed by atoms with Crippen molar-refractivity contribution in [2.75, 3.05) is 5.32 Å². The summed E-state index contributed by atoms with van der Waals surface area (Å²) < 4.78 is 1.46. The number of anilines is 1. The standard InChI is InChI=1S/C11H13IN4O2/c1-11(2,3)10(18)15-7-4-6-8(14-7)13-5-16(12)9(6)17/h4-5,17H,1-3H3,(H,15,18). The lowest BCUT2D eigenvalue weighted by Crippen LogP contribution is -2.27. The van der Waals surface area contributed by atoms with Crippen LogP contribution in [-0.4, -0.2) is 23.8 Å². The van der Waals surface area contributed by atoms with E-state index in [0.29, 0.717) is 17.2 Å². The SMILES string of the molecule is CC(C)(C)C(=O)Nc1cc2c(O)n(I)cnc-2n1. The maximum Gasteiger partial charge on any atom is 0.230 e. The molecule has 0 saturated heterocycles. The molecule has 0 saturated carbocycles. The molecule has 2 heterocycles. The third kappa shape index (κ3) is 2.40. The minimum Gasteiger partial charge on any atom is -0.493 e. The molecule has 2 rings (SSSR count). The van der Waals surface area contributed by atoms with Crippen LogP contribution in [0.5, 0.6) is 5.88 Å². The summed E-state index contributed by atoms with van der Waals surface area (Å²) in [6.07, 6.45) is 1.46. The second-order valence-electron chi connectivity index (χ2n) is 4.96. The Balaban J connectivity index is 2.35. The second kappa shape index (κ2) is 4.38. The number of aromatic nitrogens is 3. The lowest BCUT2D eigenvalue weighted by atomic mass is 9.96. The number of aromatic hydroxyl groups is 1. The molecule has 0 unspecified atom stereocenters. The minimum atomic E-state index is -0.496. The molecule has 0 radical (unpaired) electrons. The molecule has 0 spiro atoms. The van der Waals surface area contributed by atoms with Crippen LogP contribution in [0.15, 0.2) is 12.4 Å². The van der Waals surface area contributed by atoms with E-state index in [1.54, 1.807) is 6.07 Å². The van der Waals surface area contributed by atoms with Crippen LogP contribution in [-0.2, 0) is 4.79 Å². The fraction of sp³-hybridized carbons (Fsp3) is 0.364. The largest absolute Gasteiger partial charge is 0.493 e. The monoisotopic (exact) mass is 360 g/mol. The molecular weight excluding hydrogens is 347 g/mol. The van der Waals surface area contributed by atoms with E-state index in [0.717, 1.165) is 0 Å². The van der Waals surface area contributed by atoms with E-state index >= 15 is 0 Å². The van der Waals surface area contributed by atoms with Crippen molar-refractivity contribution in [3.8, 4) is 17.3 Å². The second-order valence-corrected chi connectivity index (χ2v) is 6.00. The van der Waals surface area contributed by atoms with E-state index in [4.69, 9.17) is 0 Å². The van der Waals surface area contributed by atoms with Gasteiger partial charge in [0.05, 0.1) is 28.4 Å². The van der Waals surface area contributed by atoms with E-state index in [1.807, 2.05) is 43.6 Å². The van der Waals surface area contributed by atoms with Gasteiger partial charge in [0.2, 0.25) is 11.8 Å². The molecule has 96 valence electrons. The number of carbonyl (C=O) groups is 1. The van der Waals surface area contributed by atoms with Crippen molar-refractivity contribution in [1.29, 1.82) is 0 Å². The van der Waals surface area contributed by atoms with Crippen LogP contribution >= 0.6 is 22.9 Å². The predicted molar refractivity (Wildman–Crippen MR) is 75.8 cm³/mol. The van der Waals surface area contributed by atoms with Crippen LogP contribution in [0.4, 0.5) is 5.82 Å². The van der Waals surface area contributed by atoms with Crippen LogP contribution in [0.25, 0.3) is 11.4 Å². The topological polar surface area (TPSA) is 80.0 Å². The Labute approximate surface area is 118 Å². The number of rotatable bonds is 1. The molecule has 0 atom stereocenters. The minimum absolute atomic E-state index is 0.0596. The van der Waals surface area contributed by atoms with E-state index in [2.05, 4.69) is 15.3 Å². The van der Waals surface area contributed by atoms with Crippen LogP contribution in [0.2, 0.25) is 0 Å². The van der Waals surface area contributed by atoms with Gasteiger partial charge in [-0.25, -0.2) is 12.7 Å². The molecule has 1 amide bonds. The van der Waals surface area contributed by atoms with Gasteiger partial charge in [-0.3, -0.25) is 4.79 Å². The smallest absolute Gasteiger partial charge is 0.230 e. The molecule has 2 aliphatic rings. The summed E-state index contributed by atoms with van der Waals surface area (Å²) in [7, 11) is 0. The Morgan fingerprint density at radius 1 is 1.50 bits per heavy atom. The number of hydrogen-bond donors (Lipinski definition) is 2. The van der Waals surface area contributed by atoms with Crippen molar-refractivity contribution >= 4 is 34.6 Å². The molecule has 6 nitrogen and oxygen atoms in total. The molecule has 0 aromatic rings. The van der Waals surface area contributed by atoms with Crippen LogP contribution < -0.4 is 5.32 Å². The van der Waals surface area contributed by atoms with Crippen molar-refractivity contribution in [2.45, 2.75) is 20.8 Å². The lowest BCUT2D eigenvalue weighted by molar-refractivity contribution is -0.123. The van der Waals surface area contributed by atoms with E-state index < -0.39 is 5.41 Å².